The first kappa shape index (κ1) is 21.4. The molecule has 7 heteroatoms. The van der Waals surface area contributed by atoms with Crippen LogP contribution in [-0.2, 0) is 11.4 Å². The van der Waals surface area contributed by atoms with Crippen LogP contribution in [0.3, 0.4) is 0 Å². The second-order valence-corrected chi connectivity index (χ2v) is 7.08. The molecule has 1 N–H and O–H groups in total. The lowest BCUT2D eigenvalue weighted by atomic mass is 10.2. The van der Waals surface area contributed by atoms with Crippen molar-refractivity contribution in [1.82, 2.24) is 5.43 Å². The van der Waals surface area contributed by atoms with Gasteiger partial charge in [0.1, 0.15) is 23.9 Å². The van der Waals surface area contributed by atoms with Crippen molar-refractivity contribution in [3.63, 3.8) is 0 Å². The second-order valence-electron chi connectivity index (χ2n) is 6.22. The minimum absolute atomic E-state index is 0.158. The predicted molar refractivity (Wildman–Crippen MR) is 119 cm³/mol. The standard InChI is InChI=1S/C23H21BrN2O4/c1-28-20-11-12-22(21(24)13-20)30-16-23(27)26-25-14-17-7-9-19(10-8-17)29-15-18-5-3-2-4-6-18/h2-14H,15-16H2,1H3,(H,26,27)/b25-14+. The van der Waals surface area contributed by atoms with Crippen molar-refractivity contribution in [3.8, 4) is 17.2 Å². The van der Waals surface area contributed by atoms with Crippen LogP contribution >= 0.6 is 15.9 Å². The Balaban J connectivity index is 1.42. The molecule has 0 spiro atoms. The first-order chi connectivity index (χ1) is 14.6. The molecule has 0 atom stereocenters. The fourth-order valence-electron chi connectivity index (χ4n) is 2.47. The minimum Gasteiger partial charge on any atom is -0.497 e. The van der Waals surface area contributed by atoms with E-state index in [2.05, 4.69) is 26.5 Å². The zero-order valence-corrected chi connectivity index (χ0v) is 18.0. The van der Waals surface area contributed by atoms with Crippen molar-refractivity contribution >= 4 is 28.1 Å². The van der Waals surface area contributed by atoms with E-state index in [4.69, 9.17) is 14.2 Å². The van der Waals surface area contributed by atoms with Gasteiger partial charge in [-0.3, -0.25) is 4.79 Å². The molecule has 0 bridgehead atoms. The molecule has 0 saturated carbocycles. The van der Waals surface area contributed by atoms with Gasteiger partial charge in [0.25, 0.3) is 5.91 Å². The van der Waals surface area contributed by atoms with E-state index in [1.54, 1.807) is 31.5 Å². The highest BCUT2D eigenvalue weighted by Gasteiger charge is 2.06. The van der Waals surface area contributed by atoms with Crippen molar-refractivity contribution in [2.24, 2.45) is 5.10 Å². The number of carbonyl (C=O) groups excluding carboxylic acids is 1. The van der Waals surface area contributed by atoms with Crippen molar-refractivity contribution in [1.29, 1.82) is 0 Å². The maximum atomic E-state index is 11.9. The molecule has 0 aliphatic rings. The Hall–Kier alpha value is -3.32. The molecule has 0 fully saturated rings. The summed E-state index contributed by atoms with van der Waals surface area (Å²) in [6.07, 6.45) is 1.56. The third kappa shape index (κ3) is 6.63. The molecule has 0 aliphatic carbocycles. The summed E-state index contributed by atoms with van der Waals surface area (Å²) >= 11 is 3.37. The second kappa shape index (κ2) is 11.0. The van der Waals surface area contributed by atoms with Gasteiger partial charge in [0.15, 0.2) is 6.61 Å². The van der Waals surface area contributed by atoms with Crippen molar-refractivity contribution < 1.29 is 19.0 Å². The molecule has 0 heterocycles. The van der Waals surface area contributed by atoms with Gasteiger partial charge in [0, 0.05) is 0 Å². The fourth-order valence-corrected chi connectivity index (χ4v) is 2.94. The number of hydrogen-bond acceptors (Lipinski definition) is 5. The number of hydrogen-bond donors (Lipinski definition) is 1. The number of rotatable bonds is 9. The first-order valence-corrected chi connectivity index (χ1v) is 9.98. The summed E-state index contributed by atoms with van der Waals surface area (Å²) in [6, 6.07) is 22.6. The molecule has 1 amide bonds. The van der Waals surface area contributed by atoms with E-state index < -0.39 is 0 Å². The molecule has 0 saturated heterocycles. The summed E-state index contributed by atoms with van der Waals surface area (Å²) in [5, 5.41) is 3.95. The van der Waals surface area contributed by atoms with Gasteiger partial charge in [-0.05, 0) is 69.5 Å². The Labute approximate surface area is 183 Å². The molecule has 3 aromatic carbocycles. The van der Waals surface area contributed by atoms with Gasteiger partial charge in [-0.15, -0.1) is 0 Å². The Morgan fingerprint density at radius 2 is 1.73 bits per heavy atom. The van der Waals surface area contributed by atoms with E-state index in [-0.39, 0.29) is 12.5 Å². The van der Waals surface area contributed by atoms with E-state index in [9.17, 15) is 4.79 Å². The number of amides is 1. The number of benzene rings is 3. The SMILES string of the molecule is COc1ccc(OCC(=O)N/N=C/c2ccc(OCc3ccccc3)cc2)c(Br)c1. The zero-order chi connectivity index (χ0) is 21.2. The van der Waals surface area contributed by atoms with Gasteiger partial charge in [0.2, 0.25) is 0 Å². The summed E-state index contributed by atoms with van der Waals surface area (Å²) in [4.78, 5) is 11.9. The highest BCUT2D eigenvalue weighted by Crippen LogP contribution is 2.28. The smallest absolute Gasteiger partial charge is 0.277 e. The monoisotopic (exact) mass is 468 g/mol. The van der Waals surface area contributed by atoms with Crippen LogP contribution in [0.15, 0.2) is 82.4 Å². The van der Waals surface area contributed by atoms with Crippen LogP contribution in [0.2, 0.25) is 0 Å². The molecular weight excluding hydrogens is 448 g/mol. The summed E-state index contributed by atoms with van der Waals surface area (Å²) in [5.74, 6) is 1.64. The quantitative estimate of drug-likeness (QED) is 0.369. The lowest BCUT2D eigenvalue weighted by Gasteiger charge is -2.08. The number of carbonyl (C=O) groups is 1. The topological polar surface area (TPSA) is 69.2 Å². The van der Waals surface area contributed by atoms with Gasteiger partial charge in [-0.25, -0.2) is 5.43 Å². The van der Waals surface area contributed by atoms with Crippen LogP contribution in [0.4, 0.5) is 0 Å². The van der Waals surface area contributed by atoms with Crippen LogP contribution in [0.5, 0.6) is 17.2 Å². The molecule has 3 rings (SSSR count). The Morgan fingerprint density at radius 3 is 2.43 bits per heavy atom. The molecule has 0 aromatic heterocycles. The van der Waals surface area contributed by atoms with Gasteiger partial charge < -0.3 is 14.2 Å². The largest absolute Gasteiger partial charge is 0.497 e. The van der Waals surface area contributed by atoms with Gasteiger partial charge >= 0.3 is 0 Å². The fraction of sp³-hybridized carbons (Fsp3) is 0.130. The maximum absolute atomic E-state index is 11.9. The summed E-state index contributed by atoms with van der Waals surface area (Å²) in [7, 11) is 1.58. The third-order valence-electron chi connectivity index (χ3n) is 4.03. The summed E-state index contributed by atoms with van der Waals surface area (Å²) in [6.45, 7) is 0.350. The first-order valence-electron chi connectivity index (χ1n) is 9.19. The van der Waals surface area contributed by atoms with Crippen molar-refractivity contribution in [2.75, 3.05) is 13.7 Å². The average molecular weight is 469 g/mol. The van der Waals surface area contributed by atoms with Crippen molar-refractivity contribution in [3.05, 3.63) is 88.4 Å². The molecule has 6 nitrogen and oxygen atoms in total. The van der Waals surface area contributed by atoms with Crippen LogP contribution in [0, 0.1) is 0 Å². The van der Waals surface area contributed by atoms with E-state index in [0.29, 0.717) is 22.6 Å². The predicted octanol–water partition coefficient (Wildman–Crippen LogP) is 4.57. The highest BCUT2D eigenvalue weighted by atomic mass is 79.9. The van der Waals surface area contributed by atoms with Crippen LogP contribution in [0.25, 0.3) is 0 Å². The molecule has 0 unspecified atom stereocenters. The Morgan fingerprint density at radius 1 is 1.00 bits per heavy atom. The van der Waals surface area contributed by atoms with Gasteiger partial charge in [0.05, 0.1) is 17.8 Å². The third-order valence-corrected chi connectivity index (χ3v) is 4.65. The molecule has 0 radical (unpaired) electrons. The Kier molecular flexibility index (Phi) is 7.86. The summed E-state index contributed by atoms with van der Waals surface area (Å²) < 4.78 is 17.0. The molecule has 30 heavy (non-hydrogen) atoms. The maximum Gasteiger partial charge on any atom is 0.277 e. The van der Waals surface area contributed by atoms with Crippen LogP contribution in [-0.4, -0.2) is 25.8 Å². The van der Waals surface area contributed by atoms with Crippen LogP contribution in [0.1, 0.15) is 11.1 Å². The molecule has 154 valence electrons. The normalized spacial score (nSPS) is 10.6. The van der Waals surface area contributed by atoms with Gasteiger partial charge in [-0.1, -0.05) is 30.3 Å². The number of halogens is 1. The average Bonchev–Trinajstić information content (AvgIpc) is 2.78. The lowest BCUT2D eigenvalue weighted by molar-refractivity contribution is -0.123. The number of hydrazone groups is 1. The zero-order valence-electron chi connectivity index (χ0n) is 16.4. The van der Waals surface area contributed by atoms with E-state index in [1.807, 2.05) is 54.6 Å². The molecular formula is C23H21BrN2O4. The van der Waals surface area contributed by atoms with E-state index in [0.717, 1.165) is 16.9 Å². The number of methoxy groups -OCH3 is 1. The number of nitrogens with one attached hydrogen (secondary N) is 1. The highest BCUT2D eigenvalue weighted by molar-refractivity contribution is 9.10. The number of ether oxygens (including phenoxy) is 3. The van der Waals surface area contributed by atoms with Crippen molar-refractivity contribution in [2.45, 2.75) is 6.61 Å². The van der Waals surface area contributed by atoms with E-state index in [1.165, 1.54) is 0 Å². The molecule has 3 aromatic rings. The minimum atomic E-state index is -0.364. The number of nitrogens with zero attached hydrogens (tertiary/aromatic N) is 1. The molecule has 0 aliphatic heterocycles. The summed E-state index contributed by atoms with van der Waals surface area (Å²) in [5.41, 5.74) is 4.38. The Bertz CT molecular complexity index is 992. The van der Waals surface area contributed by atoms with Gasteiger partial charge in [-0.2, -0.15) is 5.10 Å². The van der Waals surface area contributed by atoms with Crippen LogP contribution < -0.4 is 19.6 Å². The lowest BCUT2D eigenvalue weighted by Crippen LogP contribution is -2.24. The van der Waals surface area contributed by atoms with E-state index >= 15 is 0 Å².